The number of nitrogens with one attached hydrogen (secondary N) is 1. The van der Waals surface area contributed by atoms with Gasteiger partial charge in [-0.2, -0.15) is 0 Å². The topological polar surface area (TPSA) is 56.8 Å². The summed E-state index contributed by atoms with van der Waals surface area (Å²) in [5.74, 6) is 0.527. The van der Waals surface area contributed by atoms with E-state index in [9.17, 15) is 17.7 Å². The average Bonchev–Trinajstić information content (AvgIpc) is 3.11. The second-order valence-electron chi connectivity index (χ2n) is 7.94. The molecule has 2 fully saturated rings. The molecule has 1 heterocycles. The van der Waals surface area contributed by atoms with Gasteiger partial charge in [0.15, 0.2) is 4.90 Å². The lowest BCUT2D eigenvalue weighted by molar-refractivity contribution is -0.274. The van der Waals surface area contributed by atoms with Gasteiger partial charge in [-0.3, -0.25) is 4.90 Å². The molecule has 2 atom stereocenters. The summed E-state index contributed by atoms with van der Waals surface area (Å²) in [6.07, 6.45) is -0.104. The molecule has 1 aliphatic heterocycles. The fourth-order valence-corrected chi connectivity index (χ4v) is 4.75. The van der Waals surface area contributed by atoms with Gasteiger partial charge >= 0.3 is 6.36 Å². The Bertz CT molecular complexity index is 862. The molecular formula is C22H25F3N2O3S. The van der Waals surface area contributed by atoms with Crippen molar-refractivity contribution in [1.82, 2.24) is 9.62 Å². The van der Waals surface area contributed by atoms with Crippen LogP contribution in [0, 0.1) is 0 Å². The highest BCUT2D eigenvalue weighted by Gasteiger charge is 2.32. The molecule has 0 amide bonds. The zero-order valence-corrected chi connectivity index (χ0v) is 17.8. The molecule has 5 nitrogen and oxygen atoms in total. The molecule has 2 aliphatic rings. The molecule has 168 valence electrons. The average molecular weight is 455 g/mol. The minimum absolute atomic E-state index is 0.00533. The van der Waals surface area contributed by atoms with E-state index in [0.717, 1.165) is 44.2 Å². The Balaban J connectivity index is 1.25. The SMILES string of the molecule is [O-][S@+](N[C@@H]1CCN(Cc2ccc(OC3CCC3)cc2)C1)c1cccc(OC(F)(F)F)c1. The lowest BCUT2D eigenvalue weighted by Gasteiger charge is -2.26. The second kappa shape index (κ2) is 9.68. The van der Waals surface area contributed by atoms with Gasteiger partial charge in [0.25, 0.3) is 0 Å². The van der Waals surface area contributed by atoms with Crippen LogP contribution >= 0.6 is 0 Å². The van der Waals surface area contributed by atoms with Crippen molar-refractivity contribution >= 4 is 11.4 Å². The minimum atomic E-state index is -4.78. The normalized spacial score (nSPS) is 21.0. The number of ether oxygens (including phenoxy) is 2. The van der Waals surface area contributed by atoms with Gasteiger partial charge in [0.05, 0.1) is 23.5 Å². The molecule has 1 N–H and O–H groups in total. The van der Waals surface area contributed by atoms with E-state index in [0.29, 0.717) is 12.6 Å². The van der Waals surface area contributed by atoms with Crippen LogP contribution in [0.15, 0.2) is 53.4 Å². The third-order valence-corrected chi connectivity index (χ3v) is 6.71. The fraction of sp³-hybridized carbons (Fsp3) is 0.455. The summed E-state index contributed by atoms with van der Waals surface area (Å²) in [4.78, 5) is 2.52. The summed E-state index contributed by atoms with van der Waals surface area (Å²) in [6, 6.07) is 13.4. The number of hydrogen-bond donors (Lipinski definition) is 1. The van der Waals surface area contributed by atoms with E-state index in [1.807, 2.05) is 12.1 Å². The maximum atomic E-state index is 12.6. The molecule has 0 bridgehead atoms. The lowest BCUT2D eigenvalue weighted by Crippen LogP contribution is -2.37. The zero-order chi connectivity index (χ0) is 21.8. The van der Waals surface area contributed by atoms with Crippen LogP contribution in [0.1, 0.15) is 31.2 Å². The van der Waals surface area contributed by atoms with E-state index in [2.05, 4.69) is 26.5 Å². The molecule has 0 radical (unpaired) electrons. The largest absolute Gasteiger partial charge is 0.593 e. The van der Waals surface area contributed by atoms with Gasteiger partial charge in [0.1, 0.15) is 11.5 Å². The molecule has 1 saturated carbocycles. The third-order valence-electron chi connectivity index (χ3n) is 5.48. The molecule has 1 saturated heterocycles. The van der Waals surface area contributed by atoms with Crippen LogP contribution in [-0.2, 0) is 17.9 Å². The smallest absolute Gasteiger partial charge is 0.573 e. The number of hydrogen-bond acceptors (Lipinski definition) is 5. The summed E-state index contributed by atoms with van der Waals surface area (Å²) in [6.45, 7) is 2.35. The predicted octanol–water partition coefficient (Wildman–Crippen LogP) is 4.40. The van der Waals surface area contributed by atoms with Gasteiger partial charge < -0.3 is 14.0 Å². The first-order valence-corrected chi connectivity index (χ1v) is 11.5. The number of alkyl halides is 3. The first-order chi connectivity index (χ1) is 14.8. The Kier molecular flexibility index (Phi) is 6.95. The van der Waals surface area contributed by atoms with Crippen molar-refractivity contribution in [3.8, 4) is 11.5 Å². The van der Waals surface area contributed by atoms with Crippen molar-refractivity contribution in [3.63, 3.8) is 0 Å². The van der Waals surface area contributed by atoms with E-state index in [1.54, 1.807) is 0 Å². The lowest BCUT2D eigenvalue weighted by atomic mass is 9.96. The van der Waals surface area contributed by atoms with Crippen LogP contribution in [0.2, 0.25) is 0 Å². The molecule has 31 heavy (non-hydrogen) atoms. The van der Waals surface area contributed by atoms with E-state index >= 15 is 0 Å². The van der Waals surface area contributed by atoms with Crippen LogP contribution in [-0.4, -0.2) is 41.1 Å². The molecule has 0 aromatic heterocycles. The Morgan fingerprint density at radius 2 is 1.84 bits per heavy atom. The molecule has 2 aromatic carbocycles. The number of benzene rings is 2. The maximum absolute atomic E-state index is 12.6. The molecule has 1 aliphatic carbocycles. The fourth-order valence-electron chi connectivity index (χ4n) is 3.69. The highest BCUT2D eigenvalue weighted by Crippen LogP contribution is 2.27. The Morgan fingerprint density at radius 3 is 2.52 bits per heavy atom. The quantitative estimate of drug-likeness (QED) is 0.599. The summed E-state index contributed by atoms with van der Waals surface area (Å²) in [5, 5.41) is 0. The Hall–Kier alpha value is -1.94. The second-order valence-corrected chi connectivity index (χ2v) is 9.19. The molecular weight excluding hydrogens is 429 g/mol. The predicted molar refractivity (Wildman–Crippen MR) is 111 cm³/mol. The van der Waals surface area contributed by atoms with Gasteiger partial charge in [0.2, 0.25) is 0 Å². The Morgan fingerprint density at radius 1 is 1.06 bits per heavy atom. The van der Waals surface area contributed by atoms with Gasteiger partial charge in [-0.25, -0.2) is 0 Å². The molecule has 0 spiro atoms. The van der Waals surface area contributed by atoms with E-state index in [4.69, 9.17) is 4.74 Å². The highest BCUT2D eigenvalue weighted by atomic mass is 32.2. The van der Waals surface area contributed by atoms with E-state index in [-0.39, 0.29) is 16.7 Å². The van der Waals surface area contributed by atoms with Crippen molar-refractivity contribution in [2.45, 2.75) is 55.6 Å². The minimum Gasteiger partial charge on any atom is -0.593 e. The van der Waals surface area contributed by atoms with Crippen molar-refractivity contribution in [1.29, 1.82) is 0 Å². The van der Waals surface area contributed by atoms with Crippen molar-refractivity contribution in [3.05, 3.63) is 54.1 Å². The van der Waals surface area contributed by atoms with E-state index in [1.165, 1.54) is 30.2 Å². The first kappa shape index (κ1) is 22.3. The summed E-state index contributed by atoms with van der Waals surface area (Å²) >= 11 is -1.62. The van der Waals surface area contributed by atoms with Crippen LogP contribution < -0.4 is 14.2 Å². The van der Waals surface area contributed by atoms with Crippen molar-refractivity contribution in [2.75, 3.05) is 13.1 Å². The van der Waals surface area contributed by atoms with Gasteiger partial charge in [-0.15, -0.1) is 17.9 Å². The molecule has 2 aromatic rings. The van der Waals surface area contributed by atoms with E-state index < -0.39 is 17.7 Å². The summed E-state index contributed by atoms with van der Waals surface area (Å²) < 4.78 is 62.6. The van der Waals surface area contributed by atoms with Crippen LogP contribution in [0.4, 0.5) is 13.2 Å². The van der Waals surface area contributed by atoms with Crippen LogP contribution in [0.25, 0.3) is 0 Å². The monoisotopic (exact) mass is 454 g/mol. The van der Waals surface area contributed by atoms with Gasteiger partial charge in [-0.1, -0.05) is 18.2 Å². The third kappa shape index (κ3) is 6.52. The molecule has 0 unspecified atom stereocenters. The van der Waals surface area contributed by atoms with Crippen LogP contribution in [0.3, 0.4) is 0 Å². The number of rotatable bonds is 8. The highest BCUT2D eigenvalue weighted by molar-refractivity contribution is 7.89. The molecule has 9 heteroatoms. The van der Waals surface area contributed by atoms with Crippen LogP contribution in [0.5, 0.6) is 11.5 Å². The maximum Gasteiger partial charge on any atom is 0.573 e. The Labute approximate surface area is 182 Å². The van der Waals surface area contributed by atoms with Crippen molar-refractivity contribution in [2.24, 2.45) is 0 Å². The number of halogens is 3. The molecule has 4 rings (SSSR count). The zero-order valence-electron chi connectivity index (χ0n) is 16.9. The number of nitrogens with zero attached hydrogens (tertiary/aromatic N) is 1. The summed E-state index contributed by atoms with van der Waals surface area (Å²) in [5.41, 5.74) is 1.18. The van der Waals surface area contributed by atoms with Gasteiger partial charge in [-0.05, 0) is 55.5 Å². The first-order valence-electron chi connectivity index (χ1n) is 10.4. The standard InChI is InChI=1S/C22H25F3N2O3S/c23-22(24,25)30-20-5-2-6-21(13-20)31(28)26-17-11-12-27(15-17)14-16-7-9-19(10-8-16)29-18-3-1-4-18/h2,5-10,13,17-18,26H,1,3-4,11-12,14-15H2/t17-,31+/m1/s1. The number of likely N-dealkylation sites (tertiary alicyclic amines) is 1. The summed E-state index contributed by atoms with van der Waals surface area (Å²) in [7, 11) is 0. The van der Waals surface area contributed by atoms with Crippen molar-refractivity contribution < 1.29 is 27.2 Å². The van der Waals surface area contributed by atoms with Gasteiger partial charge in [0, 0.05) is 25.7 Å².